The number of carbonyl (C=O) groups excluding carboxylic acids is 1. The van der Waals surface area contributed by atoms with E-state index < -0.39 is 0 Å². The van der Waals surface area contributed by atoms with Crippen molar-refractivity contribution in [2.24, 2.45) is 0 Å². The Labute approximate surface area is 148 Å². The third-order valence-electron chi connectivity index (χ3n) is 3.86. The molecule has 3 nitrogen and oxygen atoms in total. The van der Waals surface area contributed by atoms with Crippen molar-refractivity contribution in [3.8, 4) is 0 Å². The number of hydrogen-bond donors (Lipinski definition) is 0. The summed E-state index contributed by atoms with van der Waals surface area (Å²) in [4.78, 5) is 16.6. The molecule has 1 aromatic heterocycles. The van der Waals surface area contributed by atoms with Gasteiger partial charge in [-0.2, -0.15) is 0 Å². The molecule has 1 aliphatic rings. The highest BCUT2D eigenvalue weighted by molar-refractivity contribution is 7.20. The number of hydrogen-bond acceptors (Lipinski definition) is 3. The van der Waals surface area contributed by atoms with Crippen molar-refractivity contribution in [1.82, 2.24) is 4.90 Å². The van der Waals surface area contributed by atoms with Crippen molar-refractivity contribution < 1.29 is 9.18 Å². The molecule has 122 valence electrons. The Morgan fingerprint density at radius 2 is 1.83 bits per heavy atom. The summed E-state index contributed by atoms with van der Waals surface area (Å²) in [5.41, 5.74) is 1.44. The molecule has 1 aromatic carbocycles. The molecule has 23 heavy (non-hydrogen) atoms. The van der Waals surface area contributed by atoms with Crippen LogP contribution in [0.3, 0.4) is 0 Å². The third kappa shape index (κ3) is 3.79. The number of amides is 1. The fraction of sp³-hybridized carbons (Fsp3) is 0.312. The van der Waals surface area contributed by atoms with Crippen LogP contribution in [0.5, 0.6) is 0 Å². The van der Waals surface area contributed by atoms with Gasteiger partial charge in [-0.05, 0) is 36.8 Å². The Balaban J connectivity index is 1.69. The zero-order chi connectivity index (χ0) is 16.4. The number of carbonyl (C=O) groups is 1. The van der Waals surface area contributed by atoms with Gasteiger partial charge in [0.05, 0.1) is 9.90 Å². The molecule has 0 spiro atoms. The number of anilines is 1. The van der Waals surface area contributed by atoms with Gasteiger partial charge in [0.15, 0.2) is 0 Å². The van der Waals surface area contributed by atoms with Crippen LogP contribution in [0.4, 0.5) is 10.1 Å². The summed E-state index contributed by atoms with van der Waals surface area (Å²) >= 11 is 13.2. The topological polar surface area (TPSA) is 23.6 Å². The average molecular weight is 373 g/mol. The van der Waals surface area contributed by atoms with Crippen LogP contribution >= 0.6 is 34.5 Å². The predicted octanol–water partition coefficient (Wildman–Crippen LogP) is 4.55. The van der Waals surface area contributed by atoms with Crippen LogP contribution in [-0.4, -0.2) is 37.0 Å². The molecule has 0 saturated carbocycles. The number of nitrogens with zero attached hydrogens (tertiary/aromatic N) is 2. The summed E-state index contributed by atoms with van der Waals surface area (Å²) in [6, 6.07) is 8.07. The number of thiophene rings is 1. The minimum Gasteiger partial charge on any atom is -0.370 e. The van der Waals surface area contributed by atoms with E-state index in [2.05, 4.69) is 4.90 Å². The molecule has 0 N–H and O–H groups in total. The van der Waals surface area contributed by atoms with Gasteiger partial charge in [0, 0.05) is 31.9 Å². The third-order valence-corrected chi connectivity index (χ3v) is 5.35. The van der Waals surface area contributed by atoms with Crippen molar-refractivity contribution in [3.05, 3.63) is 50.4 Å². The second kappa shape index (κ2) is 7.07. The van der Waals surface area contributed by atoms with Gasteiger partial charge in [-0.25, -0.2) is 4.39 Å². The lowest BCUT2D eigenvalue weighted by molar-refractivity contribution is 0.0767. The zero-order valence-corrected chi connectivity index (χ0v) is 14.6. The molecule has 1 aliphatic heterocycles. The van der Waals surface area contributed by atoms with Crippen molar-refractivity contribution in [2.45, 2.75) is 6.42 Å². The van der Waals surface area contributed by atoms with Gasteiger partial charge in [0.25, 0.3) is 5.91 Å². The first-order chi connectivity index (χ1) is 11.0. The molecule has 0 bridgehead atoms. The standard InChI is InChI=1S/C16H15Cl2FN2OS/c17-14-10-13(15(18)23-14)16(22)21-7-1-6-20(8-9-21)12-4-2-11(19)3-5-12/h2-5,10H,1,6-9H2. The molecule has 2 heterocycles. The Morgan fingerprint density at radius 1 is 1.09 bits per heavy atom. The van der Waals surface area contributed by atoms with Crippen LogP contribution in [0.25, 0.3) is 0 Å². The van der Waals surface area contributed by atoms with Crippen LogP contribution in [0, 0.1) is 5.82 Å². The molecule has 1 saturated heterocycles. The highest BCUT2D eigenvalue weighted by Crippen LogP contribution is 2.32. The predicted molar refractivity (Wildman–Crippen MR) is 93.5 cm³/mol. The molecule has 2 aromatic rings. The molecule has 1 amide bonds. The molecule has 0 atom stereocenters. The second-order valence-corrected chi connectivity index (χ2v) is 7.63. The lowest BCUT2D eigenvalue weighted by Gasteiger charge is -2.23. The summed E-state index contributed by atoms with van der Waals surface area (Å²) in [5.74, 6) is -0.330. The van der Waals surface area contributed by atoms with Gasteiger partial charge < -0.3 is 9.80 Å². The first-order valence-electron chi connectivity index (χ1n) is 7.29. The quantitative estimate of drug-likeness (QED) is 0.771. The van der Waals surface area contributed by atoms with E-state index in [4.69, 9.17) is 23.2 Å². The summed E-state index contributed by atoms with van der Waals surface area (Å²) in [6.07, 6.45) is 0.846. The van der Waals surface area contributed by atoms with Crippen molar-refractivity contribution in [2.75, 3.05) is 31.1 Å². The Bertz CT molecular complexity index is 705. The van der Waals surface area contributed by atoms with Gasteiger partial charge in [0.2, 0.25) is 0 Å². The molecule has 0 radical (unpaired) electrons. The molecular weight excluding hydrogens is 358 g/mol. The summed E-state index contributed by atoms with van der Waals surface area (Å²) in [7, 11) is 0. The second-order valence-electron chi connectivity index (χ2n) is 5.35. The van der Waals surface area contributed by atoms with E-state index in [-0.39, 0.29) is 11.7 Å². The van der Waals surface area contributed by atoms with Crippen molar-refractivity contribution in [1.29, 1.82) is 0 Å². The maximum atomic E-state index is 13.0. The van der Waals surface area contributed by atoms with Crippen LogP contribution in [-0.2, 0) is 0 Å². The number of benzene rings is 1. The molecule has 0 unspecified atom stereocenters. The highest BCUT2D eigenvalue weighted by atomic mass is 35.5. The summed E-state index contributed by atoms with van der Waals surface area (Å²) in [5, 5.41) is 0. The average Bonchev–Trinajstić information content (AvgIpc) is 2.74. The van der Waals surface area contributed by atoms with E-state index in [0.29, 0.717) is 33.9 Å². The highest BCUT2D eigenvalue weighted by Gasteiger charge is 2.23. The van der Waals surface area contributed by atoms with Gasteiger partial charge in [-0.1, -0.05) is 23.2 Å². The van der Waals surface area contributed by atoms with E-state index >= 15 is 0 Å². The lowest BCUT2D eigenvalue weighted by atomic mass is 10.2. The van der Waals surface area contributed by atoms with E-state index in [1.807, 2.05) is 0 Å². The van der Waals surface area contributed by atoms with E-state index in [1.165, 1.54) is 23.5 Å². The van der Waals surface area contributed by atoms with Crippen LogP contribution in [0.1, 0.15) is 16.8 Å². The molecular formula is C16H15Cl2FN2OS. The summed E-state index contributed by atoms with van der Waals surface area (Å²) in [6.45, 7) is 2.79. The van der Waals surface area contributed by atoms with E-state index in [9.17, 15) is 9.18 Å². The van der Waals surface area contributed by atoms with Crippen LogP contribution < -0.4 is 4.90 Å². The van der Waals surface area contributed by atoms with Crippen molar-refractivity contribution in [3.63, 3.8) is 0 Å². The van der Waals surface area contributed by atoms with E-state index in [0.717, 1.165) is 18.7 Å². The van der Waals surface area contributed by atoms with E-state index in [1.54, 1.807) is 23.1 Å². The van der Waals surface area contributed by atoms with Crippen molar-refractivity contribution >= 4 is 46.1 Å². The first-order valence-corrected chi connectivity index (χ1v) is 8.86. The van der Waals surface area contributed by atoms with Gasteiger partial charge in [0.1, 0.15) is 10.2 Å². The normalized spacial score (nSPS) is 15.6. The minimum atomic E-state index is -0.246. The monoisotopic (exact) mass is 372 g/mol. The number of rotatable bonds is 2. The fourth-order valence-corrected chi connectivity index (χ4v) is 4.14. The van der Waals surface area contributed by atoms with Crippen LogP contribution in [0.15, 0.2) is 30.3 Å². The Kier molecular flexibility index (Phi) is 5.09. The van der Waals surface area contributed by atoms with Gasteiger partial charge >= 0.3 is 0 Å². The molecule has 0 aliphatic carbocycles. The lowest BCUT2D eigenvalue weighted by Crippen LogP contribution is -2.35. The fourth-order valence-electron chi connectivity index (χ4n) is 2.69. The molecule has 7 heteroatoms. The maximum Gasteiger partial charge on any atom is 0.256 e. The smallest absolute Gasteiger partial charge is 0.256 e. The SMILES string of the molecule is O=C(c1cc(Cl)sc1Cl)N1CCCN(c2ccc(F)cc2)CC1. The molecule has 1 fully saturated rings. The van der Waals surface area contributed by atoms with Gasteiger partial charge in [-0.15, -0.1) is 11.3 Å². The first kappa shape index (κ1) is 16.6. The summed E-state index contributed by atoms with van der Waals surface area (Å²) < 4.78 is 14.0. The zero-order valence-electron chi connectivity index (χ0n) is 12.3. The Morgan fingerprint density at radius 3 is 2.48 bits per heavy atom. The Hall–Kier alpha value is -1.30. The molecule has 3 rings (SSSR count). The maximum absolute atomic E-state index is 13.0. The minimum absolute atomic E-state index is 0.0842. The van der Waals surface area contributed by atoms with Gasteiger partial charge in [-0.3, -0.25) is 4.79 Å². The van der Waals surface area contributed by atoms with Crippen LogP contribution in [0.2, 0.25) is 8.67 Å². The number of halogens is 3. The largest absolute Gasteiger partial charge is 0.370 e.